The number of likely N-dealkylation sites (tertiary alicyclic amines) is 1. The topological polar surface area (TPSA) is 115 Å². The second kappa shape index (κ2) is 10.5. The van der Waals surface area contributed by atoms with E-state index in [0.29, 0.717) is 35.0 Å². The van der Waals surface area contributed by atoms with Crippen LogP contribution < -0.4 is 5.32 Å². The van der Waals surface area contributed by atoms with Gasteiger partial charge in [-0.1, -0.05) is 35.0 Å². The third kappa shape index (κ3) is 6.72. The van der Waals surface area contributed by atoms with Crippen LogP contribution in [0.4, 0.5) is 10.5 Å². The number of carbonyl (C=O) groups is 2. The van der Waals surface area contributed by atoms with E-state index in [1.54, 1.807) is 25.7 Å². The molecule has 2 aromatic rings. The van der Waals surface area contributed by atoms with Crippen LogP contribution in [0.15, 0.2) is 27.6 Å². The Bertz CT molecular complexity index is 1040. The van der Waals surface area contributed by atoms with Gasteiger partial charge in [0.15, 0.2) is 0 Å². The van der Waals surface area contributed by atoms with E-state index in [9.17, 15) is 19.7 Å². The van der Waals surface area contributed by atoms with E-state index in [-0.39, 0.29) is 32.7 Å². The number of piperidine rings is 1. The van der Waals surface area contributed by atoms with E-state index in [4.69, 9.17) is 27.9 Å². The molecule has 0 spiro atoms. The third-order valence-electron chi connectivity index (χ3n) is 4.59. The fourth-order valence-corrected chi connectivity index (χ4v) is 5.82. The summed E-state index contributed by atoms with van der Waals surface area (Å²) in [5.74, 6) is -0.405. The van der Waals surface area contributed by atoms with Gasteiger partial charge in [-0.25, -0.2) is 4.79 Å². The molecule has 0 unspecified atom stereocenters. The zero-order valence-electron chi connectivity index (χ0n) is 18.1. The summed E-state index contributed by atoms with van der Waals surface area (Å²) in [5.41, 5.74) is -0.768. The van der Waals surface area contributed by atoms with Crippen LogP contribution in [0, 0.1) is 10.1 Å². The van der Waals surface area contributed by atoms with Crippen molar-refractivity contribution >= 4 is 64.0 Å². The van der Waals surface area contributed by atoms with Gasteiger partial charge in [-0.05, 0) is 33.6 Å². The smallest absolute Gasteiger partial charge is 0.410 e. The van der Waals surface area contributed by atoms with Gasteiger partial charge in [0.25, 0.3) is 11.6 Å². The number of nitrogens with one attached hydrogen (secondary N) is 1. The van der Waals surface area contributed by atoms with E-state index in [2.05, 4.69) is 10.3 Å². The predicted molar refractivity (Wildman–Crippen MR) is 128 cm³/mol. The van der Waals surface area contributed by atoms with Gasteiger partial charge in [0.05, 0.1) is 19.9 Å². The molecule has 0 saturated carbocycles. The molecule has 0 aliphatic carbocycles. The van der Waals surface area contributed by atoms with Crippen molar-refractivity contribution in [3.8, 4) is 0 Å². The number of nitro groups is 1. The number of rotatable bonds is 5. The Morgan fingerprint density at radius 2 is 1.88 bits per heavy atom. The molecular formula is C20H22Cl2N4O5S2. The van der Waals surface area contributed by atoms with E-state index in [0.717, 1.165) is 23.1 Å². The number of aromatic nitrogens is 1. The maximum Gasteiger partial charge on any atom is 0.410 e. The molecule has 1 aliphatic rings. The largest absolute Gasteiger partial charge is 0.444 e. The monoisotopic (exact) mass is 532 g/mol. The summed E-state index contributed by atoms with van der Waals surface area (Å²) in [4.78, 5) is 42.1. The Hall–Kier alpha value is -2.08. The number of thiophene rings is 1. The summed E-state index contributed by atoms with van der Waals surface area (Å²) in [6, 6.07) is 1.10. The normalized spacial score (nSPS) is 14.8. The van der Waals surface area contributed by atoms with Gasteiger partial charge in [0.2, 0.25) is 0 Å². The van der Waals surface area contributed by atoms with Crippen LogP contribution in [0.1, 0.15) is 43.3 Å². The molecule has 178 valence electrons. The minimum Gasteiger partial charge on any atom is -0.444 e. The van der Waals surface area contributed by atoms with Crippen molar-refractivity contribution in [3.63, 3.8) is 0 Å². The number of nitrogens with zero attached hydrogens (tertiary/aromatic N) is 3. The van der Waals surface area contributed by atoms with Crippen LogP contribution in [0.5, 0.6) is 0 Å². The lowest BCUT2D eigenvalue weighted by atomic mass is 10.1. The molecule has 1 fully saturated rings. The van der Waals surface area contributed by atoms with E-state index >= 15 is 0 Å². The summed E-state index contributed by atoms with van der Waals surface area (Å²) in [6.07, 6.45) is 3.53. The Labute approximate surface area is 208 Å². The first-order valence-electron chi connectivity index (χ1n) is 9.98. The lowest BCUT2D eigenvalue weighted by Gasteiger charge is -2.33. The van der Waals surface area contributed by atoms with Gasteiger partial charge in [0, 0.05) is 37.6 Å². The van der Waals surface area contributed by atoms with Crippen LogP contribution in [0.2, 0.25) is 10.0 Å². The first-order chi connectivity index (χ1) is 15.4. The van der Waals surface area contributed by atoms with Crippen LogP contribution >= 0.6 is 46.3 Å². The summed E-state index contributed by atoms with van der Waals surface area (Å²) in [7, 11) is 0. The van der Waals surface area contributed by atoms with Crippen molar-refractivity contribution in [1.82, 2.24) is 15.2 Å². The van der Waals surface area contributed by atoms with Crippen molar-refractivity contribution in [2.24, 2.45) is 0 Å². The average molecular weight is 533 g/mol. The molecule has 0 atom stereocenters. The van der Waals surface area contributed by atoms with Gasteiger partial charge in [-0.15, -0.1) is 11.3 Å². The quantitative estimate of drug-likeness (QED) is 0.391. The number of halogens is 2. The van der Waals surface area contributed by atoms with Crippen molar-refractivity contribution < 1.29 is 19.2 Å². The highest BCUT2D eigenvalue weighted by Gasteiger charge is 2.29. The minimum atomic E-state index is -0.573. The summed E-state index contributed by atoms with van der Waals surface area (Å²) >= 11 is 14.3. The Morgan fingerprint density at radius 1 is 1.27 bits per heavy atom. The highest BCUT2D eigenvalue weighted by atomic mass is 35.5. The van der Waals surface area contributed by atoms with Gasteiger partial charge in [-0.3, -0.25) is 19.9 Å². The van der Waals surface area contributed by atoms with E-state index in [1.165, 1.54) is 18.5 Å². The number of carbonyl (C=O) groups excluding carboxylic acids is 2. The van der Waals surface area contributed by atoms with E-state index in [1.807, 2.05) is 0 Å². The molecule has 3 rings (SSSR count). The van der Waals surface area contributed by atoms with Crippen molar-refractivity contribution in [3.05, 3.63) is 43.5 Å². The number of amides is 2. The van der Waals surface area contributed by atoms with E-state index < -0.39 is 16.4 Å². The second-order valence-electron chi connectivity index (χ2n) is 8.29. The summed E-state index contributed by atoms with van der Waals surface area (Å²) in [5, 5.41) is 15.0. The minimum absolute atomic E-state index is 0.155. The molecule has 3 heterocycles. The number of ether oxygens (including phenoxy) is 1. The number of pyridine rings is 1. The fourth-order valence-electron chi connectivity index (χ4n) is 3.06. The average Bonchev–Trinajstić information content (AvgIpc) is 3.14. The number of hydrogen-bond acceptors (Lipinski definition) is 8. The first-order valence-corrected chi connectivity index (χ1v) is 12.4. The Kier molecular flexibility index (Phi) is 8.09. The Balaban J connectivity index is 1.66. The van der Waals surface area contributed by atoms with Crippen LogP contribution in [0.3, 0.4) is 0 Å². The maximum atomic E-state index is 12.8. The van der Waals surface area contributed by atoms with Crippen LogP contribution in [0.25, 0.3) is 0 Å². The van der Waals surface area contributed by atoms with Crippen molar-refractivity contribution in [1.29, 1.82) is 0 Å². The van der Waals surface area contributed by atoms with Crippen molar-refractivity contribution in [2.75, 3.05) is 13.1 Å². The molecule has 2 aromatic heterocycles. The molecule has 0 aromatic carbocycles. The zero-order valence-corrected chi connectivity index (χ0v) is 21.2. The lowest BCUT2D eigenvalue weighted by Crippen LogP contribution is -2.47. The second-order valence-corrected chi connectivity index (χ2v) is 11.4. The molecule has 0 bridgehead atoms. The van der Waals surface area contributed by atoms with Gasteiger partial charge in [0.1, 0.15) is 14.7 Å². The zero-order chi connectivity index (χ0) is 24.3. The standard InChI is InChI=1S/C20H22Cl2N4O5S2/c1-20(2,3)31-19(28)25-6-4-11(5-7-25)24-17(27)15-8-14(26(29)30)18(32-15)33-16-12(21)9-23-10-13(16)22/h8-11H,4-7H2,1-3H3,(H,24,27). The number of hydrogen-bond donors (Lipinski definition) is 1. The molecule has 9 nitrogen and oxygen atoms in total. The SMILES string of the molecule is CC(C)(C)OC(=O)N1CCC(NC(=O)c2cc([N+](=O)[O-])c(Sc3c(Cl)cncc3Cl)s2)CC1. The molecule has 1 saturated heterocycles. The van der Waals surface area contributed by atoms with Crippen LogP contribution in [-0.2, 0) is 4.74 Å². The fraction of sp³-hybridized carbons (Fsp3) is 0.450. The summed E-state index contributed by atoms with van der Waals surface area (Å²) in [6.45, 7) is 6.32. The highest BCUT2D eigenvalue weighted by molar-refractivity contribution is 8.01. The highest BCUT2D eigenvalue weighted by Crippen LogP contribution is 2.45. The molecule has 13 heteroatoms. The predicted octanol–water partition coefficient (Wildman–Crippen LogP) is 5.64. The molecule has 33 heavy (non-hydrogen) atoms. The molecule has 0 radical (unpaired) electrons. The van der Waals surface area contributed by atoms with Gasteiger partial charge >= 0.3 is 6.09 Å². The maximum absolute atomic E-state index is 12.8. The van der Waals surface area contributed by atoms with Gasteiger partial charge < -0.3 is 15.0 Å². The molecular weight excluding hydrogens is 511 g/mol. The third-order valence-corrected chi connectivity index (χ3v) is 7.84. The molecule has 2 amide bonds. The lowest BCUT2D eigenvalue weighted by molar-refractivity contribution is -0.387. The molecule has 1 N–H and O–H groups in total. The van der Waals surface area contributed by atoms with Gasteiger partial charge in [-0.2, -0.15) is 0 Å². The van der Waals surface area contributed by atoms with Crippen molar-refractivity contribution in [2.45, 2.75) is 54.4 Å². The van der Waals surface area contributed by atoms with Crippen LogP contribution in [-0.4, -0.2) is 51.5 Å². The molecule has 1 aliphatic heterocycles. The first kappa shape index (κ1) is 25.5. The Morgan fingerprint density at radius 3 is 2.42 bits per heavy atom. The summed E-state index contributed by atoms with van der Waals surface area (Å²) < 4.78 is 5.67.